The first-order valence-corrected chi connectivity index (χ1v) is 7.04. The molecule has 1 aliphatic heterocycles. The first-order valence-electron chi connectivity index (χ1n) is 6.16. The Hall–Kier alpha value is -0.420. The van der Waals surface area contributed by atoms with Gasteiger partial charge in [0.2, 0.25) is 0 Å². The summed E-state index contributed by atoms with van der Waals surface area (Å²) in [6, 6.07) is 2.56. The molecule has 0 bridgehead atoms. The van der Waals surface area contributed by atoms with E-state index in [-0.39, 0.29) is 6.10 Å². The van der Waals surface area contributed by atoms with Gasteiger partial charge in [-0.15, -0.1) is 11.3 Å². The number of thiophene rings is 1. The summed E-state index contributed by atoms with van der Waals surface area (Å²) >= 11 is 1.67. The summed E-state index contributed by atoms with van der Waals surface area (Å²) in [5, 5.41) is 12.3. The highest BCUT2D eigenvalue weighted by Crippen LogP contribution is 2.26. The second-order valence-corrected chi connectivity index (χ2v) is 6.05. The van der Waals surface area contributed by atoms with Gasteiger partial charge in [-0.1, -0.05) is 0 Å². The first kappa shape index (κ1) is 13.0. The minimum absolute atomic E-state index is 0.0971. The van der Waals surface area contributed by atoms with Crippen LogP contribution in [0, 0.1) is 6.92 Å². The fourth-order valence-corrected chi connectivity index (χ4v) is 2.92. The Morgan fingerprint density at radius 1 is 1.53 bits per heavy atom. The van der Waals surface area contributed by atoms with E-state index in [1.165, 1.54) is 4.88 Å². The van der Waals surface area contributed by atoms with Crippen LogP contribution in [0.2, 0.25) is 0 Å². The maximum atomic E-state index is 10.3. The molecule has 0 amide bonds. The van der Waals surface area contributed by atoms with Gasteiger partial charge in [-0.25, -0.2) is 0 Å². The van der Waals surface area contributed by atoms with E-state index in [4.69, 9.17) is 4.74 Å². The molecule has 17 heavy (non-hydrogen) atoms. The molecular weight excluding hydrogens is 234 g/mol. The molecule has 0 radical (unpaired) electrons. The van der Waals surface area contributed by atoms with Gasteiger partial charge < -0.3 is 9.84 Å². The van der Waals surface area contributed by atoms with Crippen molar-refractivity contribution in [3.8, 4) is 0 Å². The van der Waals surface area contributed by atoms with E-state index in [0.29, 0.717) is 12.6 Å². The van der Waals surface area contributed by atoms with Crippen LogP contribution in [-0.2, 0) is 4.74 Å². The minimum atomic E-state index is -0.499. The second-order valence-electron chi connectivity index (χ2n) is 4.93. The van der Waals surface area contributed by atoms with E-state index in [0.717, 1.165) is 18.7 Å². The zero-order chi connectivity index (χ0) is 12.4. The Morgan fingerprint density at radius 3 is 2.88 bits per heavy atom. The molecule has 1 saturated heterocycles. The van der Waals surface area contributed by atoms with Crippen molar-refractivity contribution in [3.05, 3.63) is 21.9 Å². The van der Waals surface area contributed by atoms with Gasteiger partial charge in [0.15, 0.2) is 0 Å². The molecule has 2 heterocycles. The van der Waals surface area contributed by atoms with Crippen LogP contribution in [0.1, 0.15) is 30.4 Å². The smallest absolute Gasteiger partial charge is 0.107 e. The van der Waals surface area contributed by atoms with E-state index in [2.05, 4.69) is 25.7 Å². The lowest BCUT2D eigenvalue weighted by atomic mass is 10.1. The van der Waals surface area contributed by atoms with Gasteiger partial charge >= 0.3 is 0 Å². The molecule has 2 unspecified atom stereocenters. The predicted molar refractivity (Wildman–Crippen MR) is 70.5 cm³/mol. The Balaban J connectivity index is 2.02. The fraction of sp³-hybridized carbons (Fsp3) is 0.692. The SMILES string of the molecule is Cc1cc(C(O)C2CN(C(C)C)CCO2)cs1. The summed E-state index contributed by atoms with van der Waals surface area (Å²) < 4.78 is 5.70. The lowest BCUT2D eigenvalue weighted by Gasteiger charge is -2.37. The summed E-state index contributed by atoms with van der Waals surface area (Å²) in [6.45, 7) is 8.91. The number of morpholine rings is 1. The molecule has 1 aromatic heterocycles. The van der Waals surface area contributed by atoms with Gasteiger partial charge in [-0.05, 0) is 37.8 Å². The number of hydrogen-bond donors (Lipinski definition) is 1. The van der Waals surface area contributed by atoms with Crippen LogP contribution in [0.3, 0.4) is 0 Å². The van der Waals surface area contributed by atoms with Gasteiger partial charge in [-0.2, -0.15) is 0 Å². The number of aryl methyl sites for hydroxylation is 1. The van der Waals surface area contributed by atoms with Gasteiger partial charge in [0, 0.05) is 24.0 Å². The summed E-state index contributed by atoms with van der Waals surface area (Å²) in [7, 11) is 0. The first-order chi connectivity index (χ1) is 8.08. The third-order valence-corrected chi connectivity index (χ3v) is 4.18. The van der Waals surface area contributed by atoms with Crippen molar-refractivity contribution in [1.29, 1.82) is 0 Å². The highest BCUT2D eigenvalue weighted by molar-refractivity contribution is 7.10. The van der Waals surface area contributed by atoms with Crippen LogP contribution >= 0.6 is 11.3 Å². The molecule has 0 saturated carbocycles. The summed E-state index contributed by atoms with van der Waals surface area (Å²) in [4.78, 5) is 3.59. The van der Waals surface area contributed by atoms with Crippen molar-refractivity contribution in [1.82, 2.24) is 4.90 Å². The molecule has 0 aliphatic carbocycles. The molecular formula is C13H21NO2S. The molecule has 0 aromatic carbocycles. The Bertz CT molecular complexity index is 364. The van der Waals surface area contributed by atoms with Crippen LogP contribution in [0.4, 0.5) is 0 Å². The quantitative estimate of drug-likeness (QED) is 0.899. The predicted octanol–water partition coefficient (Wildman–Crippen LogP) is 2.20. The topological polar surface area (TPSA) is 32.7 Å². The molecule has 3 nitrogen and oxygen atoms in total. The molecule has 0 spiro atoms. The molecule has 96 valence electrons. The van der Waals surface area contributed by atoms with Crippen molar-refractivity contribution < 1.29 is 9.84 Å². The molecule has 2 atom stereocenters. The molecule has 1 aromatic rings. The average molecular weight is 255 g/mol. The van der Waals surface area contributed by atoms with Crippen molar-refractivity contribution >= 4 is 11.3 Å². The number of aliphatic hydroxyl groups excluding tert-OH is 1. The highest BCUT2D eigenvalue weighted by Gasteiger charge is 2.29. The summed E-state index contributed by atoms with van der Waals surface area (Å²) in [6.07, 6.45) is -0.596. The fourth-order valence-electron chi connectivity index (χ4n) is 2.19. The van der Waals surface area contributed by atoms with Crippen LogP contribution < -0.4 is 0 Å². The van der Waals surface area contributed by atoms with Crippen LogP contribution in [0.15, 0.2) is 11.4 Å². The van der Waals surface area contributed by atoms with Crippen molar-refractivity contribution in [2.45, 2.75) is 39.0 Å². The third kappa shape index (κ3) is 3.07. The molecule has 1 aliphatic rings. The van der Waals surface area contributed by atoms with Crippen molar-refractivity contribution in [3.63, 3.8) is 0 Å². The number of nitrogens with zero attached hydrogens (tertiary/aromatic N) is 1. The maximum absolute atomic E-state index is 10.3. The number of aliphatic hydroxyl groups is 1. The lowest BCUT2D eigenvalue weighted by Crippen LogP contribution is -2.47. The van der Waals surface area contributed by atoms with Crippen molar-refractivity contribution in [2.24, 2.45) is 0 Å². The zero-order valence-electron chi connectivity index (χ0n) is 10.7. The molecule has 1 N–H and O–H groups in total. The summed E-state index contributed by atoms with van der Waals surface area (Å²) in [5.74, 6) is 0. The van der Waals surface area contributed by atoms with Crippen LogP contribution in [-0.4, -0.2) is 41.8 Å². The monoisotopic (exact) mass is 255 g/mol. The zero-order valence-corrected chi connectivity index (χ0v) is 11.5. The number of ether oxygens (including phenoxy) is 1. The molecule has 4 heteroatoms. The summed E-state index contributed by atoms with van der Waals surface area (Å²) in [5.41, 5.74) is 0.989. The highest BCUT2D eigenvalue weighted by atomic mass is 32.1. The lowest BCUT2D eigenvalue weighted by molar-refractivity contribution is -0.0960. The number of hydrogen-bond acceptors (Lipinski definition) is 4. The normalized spacial score (nSPS) is 24.2. The van der Waals surface area contributed by atoms with Gasteiger partial charge in [0.05, 0.1) is 6.61 Å². The Morgan fingerprint density at radius 2 is 2.29 bits per heavy atom. The van der Waals surface area contributed by atoms with E-state index in [1.807, 2.05) is 11.4 Å². The van der Waals surface area contributed by atoms with Crippen LogP contribution in [0.25, 0.3) is 0 Å². The maximum Gasteiger partial charge on any atom is 0.107 e. The van der Waals surface area contributed by atoms with Gasteiger partial charge in [0.25, 0.3) is 0 Å². The second kappa shape index (κ2) is 5.48. The largest absolute Gasteiger partial charge is 0.386 e. The number of rotatable bonds is 3. The van der Waals surface area contributed by atoms with E-state index in [9.17, 15) is 5.11 Å². The van der Waals surface area contributed by atoms with Gasteiger partial charge in [0.1, 0.15) is 12.2 Å². The standard InChI is InChI=1S/C13H21NO2S/c1-9(2)14-4-5-16-12(7-14)13(15)11-6-10(3)17-8-11/h6,8-9,12-13,15H,4-5,7H2,1-3H3. The van der Waals surface area contributed by atoms with Gasteiger partial charge in [-0.3, -0.25) is 4.90 Å². The molecule has 1 fully saturated rings. The van der Waals surface area contributed by atoms with E-state index < -0.39 is 6.10 Å². The Labute approximate surface area is 107 Å². The van der Waals surface area contributed by atoms with E-state index in [1.54, 1.807) is 11.3 Å². The third-order valence-electron chi connectivity index (χ3n) is 3.30. The van der Waals surface area contributed by atoms with Crippen molar-refractivity contribution in [2.75, 3.05) is 19.7 Å². The Kier molecular flexibility index (Phi) is 4.20. The average Bonchev–Trinajstić information content (AvgIpc) is 2.75. The van der Waals surface area contributed by atoms with E-state index >= 15 is 0 Å². The molecule has 2 rings (SSSR count). The van der Waals surface area contributed by atoms with Crippen LogP contribution in [0.5, 0.6) is 0 Å². The minimum Gasteiger partial charge on any atom is -0.386 e.